The van der Waals surface area contributed by atoms with Gasteiger partial charge in [0.2, 0.25) is 11.7 Å². The summed E-state index contributed by atoms with van der Waals surface area (Å²) < 4.78 is 5.01. The molecule has 5 amide bonds. The molecule has 37 heavy (non-hydrogen) atoms. The number of rotatable bonds is 9. The minimum absolute atomic E-state index is 0.0361. The van der Waals surface area contributed by atoms with Crippen LogP contribution in [0.5, 0.6) is 0 Å². The first-order valence-corrected chi connectivity index (χ1v) is 12.4. The summed E-state index contributed by atoms with van der Waals surface area (Å²) >= 11 is 6.10. The van der Waals surface area contributed by atoms with Gasteiger partial charge in [0.05, 0.1) is 23.8 Å². The molecule has 0 spiro atoms. The number of hydrogen-bond donors (Lipinski definition) is 4. The highest BCUT2D eigenvalue weighted by atomic mass is 35.5. The van der Waals surface area contributed by atoms with Crippen molar-refractivity contribution in [2.24, 2.45) is 5.92 Å². The lowest BCUT2D eigenvalue weighted by Gasteiger charge is -2.21. The van der Waals surface area contributed by atoms with Crippen LogP contribution in [0.3, 0.4) is 0 Å². The smallest absolute Gasteiger partial charge is 0.410 e. The number of Topliss-reactive ketones (excluding diaryl/α,β-unsaturated/α-hetero) is 1. The monoisotopic (exact) mass is 533 g/mol. The number of ketones is 1. The Bertz CT molecular complexity index is 1150. The first-order chi connectivity index (χ1) is 17.5. The van der Waals surface area contributed by atoms with Gasteiger partial charge in [0.1, 0.15) is 0 Å². The Morgan fingerprint density at radius 1 is 1.22 bits per heavy atom. The fourth-order valence-corrected chi connectivity index (χ4v) is 4.46. The van der Waals surface area contributed by atoms with E-state index >= 15 is 0 Å². The van der Waals surface area contributed by atoms with Gasteiger partial charge in [-0.15, -0.1) is 0 Å². The number of nitrogens with one attached hydrogen (secondary N) is 4. The number of nitrogens with zero attached hydrogens (tertiary/aromatic N) is 1. The van der Waals surface area contributed by atoms with Gasteiger partial charge in [-0.05, 0) is 50.8 Å². The van der Waals surface area contributed by atoms with Crippen LogP contribution < -0.4 is 21.3 Å². The zero-order chi connectivity index (χ0) is 26.9. The van der Waals surface area contributed by atoms with Crippen LogP contribution in [0.2, 0.25) is 5.02 Å². The van der Waals surface area contributed by atoms with E-state index in [9.17, 15) is 28.8 Å². The van der Waals surface area contributed by atoms with E-state index in [1.54, 1.807) is 0 Å². The minimum atomic E-state index is -1.28. The Kier molecular flexibility index (Phi) is 7.67. The van der Waals surface area contributed by atoms with Gasteiger partial charge in [0, 0.05) is 30.1 Å². The molecule has 198 valence electrons. The maximum absolute atomic E-state index is 13.3. The standard InChI is InChI=1S/C24H28ClN5O7/c1-11-7-12(20(32)26-11)8-17(19(31)23(35)27-14-4-5-14)29-21(33)15-9-13(25)3-6-16(15)28-22(34)18-10-30(2)24(36)37-18/h3,6,9,11-12,14,17-18H,4-5,7-8,10H2,1-2H3,(H,26,32)(H,27,35)(H,28,34)(H,29,33)/t11-,12+,17?,18-/m1/s1. The first kappa shape index (κ1) is 26.4. The number of anilines is 1. The van der Waals surface area contributed by atoms with Crippen LogP contribution in [0.15, 0.2) is 18.2 Å². The summed E-state index contributed by atoms with van der Waals surface area (Å²) in [4.78, 5) is 76.6. The molecule has 2 aliphatic heterocycles. The fraction of sp³-hybridized carbons (Fsp3) is 0.500. The Morgan fingerprint density at radius 2 is 1.95 bits per heavy atom. The van der Waals surface area contributed by atoms with E-state index in [0.717, 1.165) is 12.8 Å². The quantitative estimate of drug-likeness (QED) is 0.337. The molecule has 1 aliphatic carbocycles. The van der Waals surface area contributed by atoms with Gasteiger partial charge in [-0.2, -0.15) is 0 Å². The number of ether oxygens (including phenoxy) is 1. The van der Waals surface area contributed by atoms with Crippen molar-refractivity contribution in [1.82, 2.24) is 20.9 Å². The molecule has 3 fully saturated rings. The van der Waals surface area contributed by atoms with E-state index in [-0.39, 0.29) is 47.2 Å². The lowest BCUT2D eigenvalue weighted by atomic mass is 9.93. The Labute approximate surface area is 217 Å². The molecule has 1 unspecified atom stereocenters. The number of halogens is 1. The molecular weight excluding hydrogens is 506 g/mol. The molecule has 12 nitrogen and oxygen atoms in total. The van der Waals surface area contributed by atoms with Crippen LogP contribution in [0.25, 0.3) is 0 Å². The van der Waals surface area contributed by atoms with Crippen LogP contribution >= 0.6 is 11.6 Å². The summed E-state index contributed by atoms with van der Waals surface area (Å²) in [6, 6.07) is 2.72. The molecule has 13 heteroatoms. The maximum atomic E-state index is 13.3. The van der Waals surface area contributed by atoms with Crippen LogP contribution in [0.1, 0.15) is 43.0 Å². The van der Waals surface area contributed by atoms with Gasteiger partial charge in [0.25, 0.3) is 17.7 Å². The highest BCUT2D eigenvalue weighted by Crippen LogP contribution is 2.25. The molecule has 1 saturated carbocycles. The predicted octanol–water partition coefficient (Wildman–Crippen LogP) is 0.590. The fourth-order valence-electron chi connectivity index (χ4n) is 4.29. The van der Waals surface area contributed by atoms with Crippen LogP contribution in [0, 0.1) is 5.92 Å². The Hall–Kier alpha value is -3.67. The van der Waals surface area contributed by atoms with Crippen molar-refractivity contribution in [1.29, 1.82) is 0 Å². The van der Waals surface area contributed by atoms with Gasteiger partial charge in [-0.1, -0.05) is 11.6 Å². The van der Waals surface area contributed by atoms with Crippen LogP contribution in [0.4, 0.5) is 10.5 Å². The number of amides is 5. The second-order valence-electron chi connectivity index (χ2n) is 9.65. The van der Waals surface area contributed by atoms with Crippen molar-refractivity contribution in [3.8, 4) is 0 Å². The lowest BCUT2D eigenvalue weighted by molar-refractivity contribution is -0.139. The molecule has 2 heterocycles. The average molecular weight is 534 g/mol. The molecular formula is C24H28ClN5O7. The zero-order valence-corrected chi connectivity index (χ0v) is 21.1. The molecule has 0 aromatic heterocycles. The molecule has 4 atom stereocenters. The van der Waals surface area contributed by atoms with Crippen molar-refractivity contribution < 1.29 is 33.5 Å². The Balaban J connectivity index is 1.52. The molecule has 4 N–H and O–H groups in total. The number of hydrogen-bond acceptors (Lipinski definition) is 7. The average Bonchev–Trinajstić information content (AvgIpc) is 3.51. The Morgan fingerprint density at radius 3 is 2.54 bits per heavy atom. The van der Waals surface area contributed by atoms with Crippen molar-refractivity contribution in [2.75, 3.05) is 18.9 Å². The lowest BCUT2D eigenvalue weighted by Crippen LogP contribution is -2.49. The molecule has 3 aliphatic rings. The van der Waals surface area contributed by atoms with Gasteiger partial charge < -0.3 is 30.9 Å². The van der Waals surface area contributed by atoms with E-state index in [1.165, 1.54) is 30.1 Å². The summed E-state index contributed by atoms with van der Waals surface area (Å²) in [6.45, 7) is 1.86. The number of likely N-dealkylation sites (N-methyl/N-ethyl adjacent to an activating group) is 1. The van der Waals surface area contributed by atoms with Gasteiger partial charge in [0.15, 0.2) is 6.10 Å². The van der Waals surface area contributed by atoms with Gasteiger partial charge >= 0.3 is 6.09 Å². The summed E-state index contributed by atoms with van der Waals surface area (Å²) in [5, 5.41) is 10.7. The number of carbonyl (C=O) groups excluding carboxylic acids is 6. The normalized spacial score (nSPS) is 23.6. The van der Waals surface area contributed by atoms with Crippen molar-refractivity contribution in [3.63, 3.8) is 0 Å². The summed E-state index contributed by atoms with van der Waals surface area (Å²) in [5.41, 5.74) is 0.00142. The third-order valence-electron chi connectivity index (χ3n) is 6.45. The molecule has 2 saturated heterocycles. The second kappa shape index (κ2) is 10.8. The molecule has 4 rings (SSSR count). The van der Waals surface area contributed by atoms with E-state index in [4.69, 9.17) is 16.3 Å². The third-order valence-corrected chi connectivity index (χ3v) is 6.68. The number of cyclic esters (lactones) is 1. The van der Waals surface area contributed by atoms with Gasteiger partial charge in [-0.25, -0.2) is 4.79 Å². The first-order valence-electron chi connectivity index (χ1n) is 12.0. The van der Waals surface area contributed by atoms with Crippen LogP contribution in [-0.2, 0) is 23.9 Å². The maximum Gasteiger partial charge on any atom is 0.410 e. The van der Waals surface area contributed by atoms with E-state index in [2.05, 4.69) is 21.3 Å². The van der Waals surface area contributed by atoms with Crippen molar-refractivity contribution >= 4 is 52.8 Å². The largest absolute Gasteiger partial charge is 0.434 e. The summed E-state index contributed by atoms with van der Waals surface area (Å²) in [7, 11) is 1.48. The van der Waals surface area contributed by atoms with E-state index < -0.39 is 47.7 Å². The minimum Gasteiger partial charge on any atom is -0.434 e. The van der Waals surface area contributed by atoms with Crippen molar-refractivity contribution in [3.05, 3.63) is 28.8 Å². The second-order valence-corrected chi connectivity index (χ2v) is 10.1. The van der Waals surface area contributed by atoms with E-state index in [1.807, 2.05) is 6.92 Å². The summed E-state index contributed by atoms with van der Waals surface area (Å²) in [6.07, 6.45) is 0.214. The predicted molar refractivity (Wildman–Crippen MR) is 131 cm³/mol. The van der Waals surface area contributed by atoms with E-state index in [0.29, 0.717) is 6.42 Å². The zero-order valence-electron chi connectivity index (χ0n) is 20.3. The highest BCUT2D eigenvalue weighted by Gasteiger charge is 2.38. The number of benzene rings is 1. The third kappa shape index (κ3) is 6.37. The van der Waals surface area contributed by atoms with Crippen LogP contribution in [-0.4, -0.2) is 78.2 Å². The SMILES string of the molecule is C[C@@H]1C[C@@H](CC(NC(=O)c2cc(Cl)ccc2NC(=O)[C@H]2CN(C)C(=O)O2)C(=O)C(=O)NC2CC2)C(=O)N1. The topological polar surface area (TPSA) is 163 Å². The summed E-state index contributed by atoms with van der Waals surface area (Å²) in [5.74, 6) is -3.93. The number of carbonyl (C=O) groups is 6. The molecule has 0 radical (unpaired) electrons. The molecule has 0 bridgehead atoms. The highest BCUT2D eigenvalue weighted by molar-refractivity contribution is 6.38. The molecule has 1 aromatic carbocycles. The molecule has 1 aromatic rings. The van der Waals surface area contributed by atoms with Crippen molar-refractivity contribution in [2.45, 2.75) is 56.8 Å². The van der Waals surface area contributed by atoms with Gasteiger partial charge in [-0.3, -0.25) is 24.0 Å².